The molecule has 0 saturated carbocycles. The van der Waals surface area contributed by atoms with Crippen LogP contribution in [0.1, 0.15) is 58.9 Å². The van der Waals surface area contributed by atoms with E-state index in [1.807, 2.05) is 0 Å². The van der Waals surface area contributed by atoms with Gasteiger partial charge in [-0.2, -0.15) is 0 Å². The fourth-order valence-corrected chi connectivity index (χ4v) is 3.23. The van der Waals surface area contributed by atoms with E-state index in [1.165, 1.54) is 49.9 Å². The molecule has 21 heavy (non-hydrogen) atoms. The van der Waals surface area contributed by atoms with Gasteiger partial charge in [0.15, 0.2) is 0 Å². The monoisotopic (exact) mass is 288 g/mol. The highest BCUT2D eigenvalue weighted by atomic mass is 15.2. The molecule has 0 bridgehead atoms. The van der Waals surface area contributed by atoms with Gasteiger partial charge in [-0.15, -0.1) is 0 Å². The molecule has 2 rings (SSSR count). The van der Waals surface area contributed by atoms with Crippen LogP contribution in [0.4, 0.5) is 5.69 Å². The standard InChI is InChI=1S/C19H32N2/c1-5-10-17(15-20-19(2,3)4)21-14-9-8-12-16-11-6-7-13-18(16)21/h6-7,11,13,17,20H,5,8-10,12,14-15H2,1-4H3. The summed E-state index contributed by atoms with van der Waals surface area (Å²) < 4.78 is 0. The van der Waals surface area contributed by atoms with Crippen LogP contribution in [0.5, 0.6) is 0 Å². The lowest BCUT2D eigenvalue weighted by Crippen LogP contribution is -2.48. The average molecular weight is 288 g/mol. The number of anilines is 1. The molecular weight excluding hydrogens is 256 g/mol. The Kier molecular flexibility index (Phi) is 5.69. The average Bonchev–Trinajstić information content (AvgIpc) is 2.65. The molecule has 1 unspecified atom stereocenters. The predicted octanol–water partition coefficient (Wildman–Crippen LogP) is 4.39. The van der Waals surface area contributed by atoms with Gasteiger partial charge in [-0.05, 0) is 58.1 Å². The minimum absolute atomic E-state index is 0.192. The quantitative estimate of drug-likeness (QED) is 0.864. The molecule has 1 aliphatic rings. The Bertz CT molecular complexity index is 433. The van der Waals surface area contributed by atoms with Crippen molar-refractivity contribution >= 4 is 5.69 Å². The Morgan fingerprint density at radius 3 is 2.67 bits per heavy atom. The van der Waals surface area contributed by atoms with E-state index in [0.29, 0.717) is 6.04 Å². The van der Waals surface area contributed by atoms with Crippen LogP contribution in [0, 0.1) is 0 Å². The first kappa shape index (κ1) is 16.4. The Balaban J connectivity index is 2.18. The smallest absolute Gasteiger partial charge is 0.0414 e. The third-order valence-electron chi connectivity index (χ3n) is 4.33. The molecule has 118 valence electrons. The van der Waals surface area contributed by atoms with Crippen LogP contribution < -0.4 is 10.2 Å². The van der Waals surface area contributed by atoms with Gasteiger partial charge in [-0.3, -0.25) is 0 Å². The Morgan fingerprint density at radius 1 is 1.19 bits per heavy atom. The van der Waals surface area contributed by atoms with E-state index in [4.69, 9.17) is 0 Å². The van der Waals surface area contributed by atoms with Gasteiger partial charge in [0, 0.05) is 30.4 Å². The zero-order valence-corrected chi connectivity index (χ0v) is 14.3. The molecule has 1 N–H and O–H groups in total. The van der Waals surface area contributed by atoms with Gasteiger partial charge >= 0.3 is 0 Å². The fraction of sp³-hybridized carbons (Fsp3) is 0.684. The number of nitrogens with zero attached hydrogens (tertiary/aromatic N) is 1. The van der Waals surface area contributed by atoms with Crippen molar-refractivity contribution in [2.24, 2.45) is 0 Å². The number of aryl methyl sites for hydroxylation is 1. The summed E-state index contributed by atoms with van der Waals surface area (Å²) >= 11 is 0. The third-order valence-corrected chi connectivity index (χ3v) is 4.33. The van der Waals surface area contributed by atoms with Crippen LogP contribution in [0.25, 0.3) is 0 Å². The highest BCUT2D eigenvalue weighted by Crippen LogP contribution is 2.29. The second kappa shape index (κ2) is 7.31. The molecule has 0 amide bonds. The van der Waals surface area contributed by atoms with Crippen LogP contribution >= 0.6 is 0 Å². The van der Waals surface area contributed by atoms with Gasteiger partial charge in [-0.25, -0.2) is 0 Å². The van der Waals surface area contributed by atoms with Crippen molar-refractivity contribution in [3.05, 3.63) is 29.8 Å². The summed E-state index contributed by atoms with van der Waals surface area (Å²) in [6, 6.07) is 9.62. The molecule has 2 heteroatoms. The van der Waals surface area contributed by atoms with E-state index in [2.05, 4.69) is 62.2 Å². The summed E-state index contributed by atoms with van der Waals surface area (Å²) in [7, 11) is 0. The Hall–Kier alpha value is -1.02. The van der Waals surface area contributed by atoms with Crippen molar-refractivity contribution in [1.82, 2.24) is 5.32 Å². The normalized spacial score (nSPS) is 17.2. The van der Waals surface area contributed by atoms with E-state index in [-0.39, 0.29) is 5.54 Å². The number of rotatable bonds is 5. The van der Waals surface area contributed by atoms with Crippen LogP contribution in [0.15, 0.2) is 24.3 Å². The summed E-state index contributed by atoms with van der Waals surface area (Å²) in [5, 5.41) is 3.71. The van der Waals surface area contributed by atoms with Gasteiger partial charge in [0.25, 0.3) is 0 Å². The Morgan fingerprint density at radius 2 is 1.95 bits per heavy atom. The molecule has 0 spiro atoms. The van der Waals surface area contributed by atoms with Gasteiger partial charge < -0.3 is 10.2 Å². The van der Waals surface area contributed by atoms with Crippen molar-refractivity contribution in [1.29, 1.82) is 0 Å². The minimum atomic E-state index is 0.192. The molecule has 1 aliphatic heterocycles. The second-order valence-corrected chi connectivity index (χ2v) is 7.35. The summed E-state index contributed by atoms with van der Waals surface area (Å²) in [4.78, 5) is 2.67. The van der Waals surface area contributed by atoms with Crippen molar-refractivity contribution in [3.8, 4) is 0 Å². The zero-order valence-electron chi connectivity index (χ0n) is 14.3. The fourth-order valence-electron chi connectivity index (χ4n) is 3.23. The number of hydrogen-bond acceptors (Lipinski definition) is 2. The Labute approximate surface area is 130 Å². The number of nitrogens with one attached hydrogen (secondary N) is 1. The van der Waals surface area contributed by atoms with E-state index in [9.17, 15) is 0 Å². The van der Waals surface area contributed by atoms with Gasteiger partial charge in [0.2, 0.25) is 0 Å². The van der Waals surface area contributed by atoms with Gasteiger partial charge in [-0.1, -0.05) is 31.5 Å². The molecule has 0 aliphatic carbocycles. The minimum Gasteiger partial charge on any atom is -0.367 e. The molecule has 1 aromatic rings. The van der Waals surface area contributed by atoms with Crippen molar-refractivity contribution in [2.45, 2.75) is 71.4 Å². The SMILES string of the molecule is CCCC(CNC(C)(C)C)N1CCCCc2ccccc21. The third kappa shape index (κ3) is 4.74. The summed E-state index contributed by atoms with van der Waals surface area (Å²) in [5.74, 6) is 0. The first-order chi connectivity index (χ1) is 10.0. The predicted molar refractivity (Wildman–Crippen MR) is 93.2 cm³/mol. The molecule has 0 aromatic heterocycles. The number of fused-ring (bicyclic) bond motifs is 1. The highest BCUT2D eigenvalue weighted by molar-refractivity contribution is 5.55. The highest BCUT2D eigenvalue weighted by Gasteiger charge is 2.23. The second-order valence-electron chi connectivity index (χ2n) is 7.35. The van der Waals surface area contributed by atoms with Crippen LogP contribution in [0.2, 0.25) is 0 Å². The van der Waals surface area contributed by atoms with Crippen LogP contribution in [-0.4, -0.2) is 24.7 Å². The summed E-state index contributed by atoms with van der Waals surface area (Å²) in [6.07, 6.45) is 6.37. The van der Waals surface area contributed by atoms with Crippen molar-refractivity contribution in [3.63, 3.8) is 0 Å². The lowest BCUT2D eigenvalue weighted by atomic mass is 10.0. The number of para-hydroxylation sites is 1. The zero-order chi connectivity index (χ0) is 15.3. The van der Waals surface area contributed by atoms with E-state index in [0.717, 1.165) is 6.54 Å². The van der Waals surface area contributed by atoms with E-state index in [1.54, 1.807) is 0 Å². The lowest BCUT2D eigenvalue weighted by molar-refractivity contribution is 0.386. The maximum atomic E-state index is 3.71. The molecule has 1 heterocycles. The molecular formula is C19H32N2. The first-order valence-electron chi connectivity index (χ1n) is 8.61. The molecule has 0 saturated heterocycles. The van der Waals surface area contributed by atoms with E-state index < -0.39 is 0 Å². The molecule has 1 aromatic carbocycles. The lowest BCUT2D eigenvalue weighted by Gasteiger charge is -2.36. The maximum absolute atomic E-state index is 3.71. The molecule has 0 fully saturated rings. The first-order valence-corrected chi connectivity index (χ1v) is 8.61. The van der Waals surface area contributed by atoms with Crippen molar-refractivity contribution < 1.29 is 0 Å². The summed E-state index contributed by atoms with van der Waals surface area (Å²) in [5.41, 5.74) is 3.20. The number of hydrogen-bond donors (Lipinski definition) is 1. The largest absolute Gasteiger partial charge is 0.367 e. The number of benzene rings is 1. The van der Waals surface area contributed by atoms with E-state index >= 15 is 0 Å². The topological polar surface area (TPSA) is 15.3 Å². The molecule has 1 atom stereocenters. The summed E-state index contributed by atoms with van der Waals surface area (Å²) in [6.45, 7) is 11.3. The molecule has 0 radical (unpaired) electrons. The molecule has 2 nitrogen and oxygen atoms in total. The van der Waals surface area contributed by atoms with Crippen molar-refractivity contribution in [2.75, 3.05) is 18.0 Å². The van der Waals surface area contributed by atoms with Gasteiger partial charge in [0.05, 0.1) is 0 Å². The van der Waals surface area contributed by atoms with Crippen LogP contribution in [0.3, 0.4) is 0 Å². The maximum Gasteiger partial charge on any atom is 0.0414 e. The van der Waals surface area contributed by atoms with Gasteiger partial charge in [0.1, 0.15) is 0 Å². The van der Waals surface area contributed by atoms with Crippen LogP contribution in [-0.2, 0) is 6.42 Å².